The van der Waals surface area contributed by atoms with Crippen molar-refractivity contribution in [3.63, 3.8) is 0 Å². The molecule has 1 atom stereocenters. The van der Waals surface area contributed by atoms with Gasteiger partial charge < -0.3 is 20.1 Å². The quantitative estimate of drug-likeness (QED) is 0.206. The van der Waals surface area contributed by atoms with Crippen molar-refractivity contribution < 1.29 is 18.6 Å². The maximum Gasteiger partial charge on any atom is 0.229 e. The molecule has 1 heterocycles. The van der Waals surface area contributed by atoms with Crippen LogP contribution in [0.5, 0.6) is 5.75 Å². The maximum absolute atomic E-state index is 11.6. The van der Waals surface area contributed by atoms with Crippen LogP contribution in [0.25, 0.3) is 22.5 Å². The van der Waals surface area contributed by atoms with Gasteiger partial charge in [-0.25, -0.2) is 13.4 Å². The molecule has 3 aromatic carbocycles. The molecule has 1 unspecified atom stereocenters. The van der Waals surface area contributed by atoms with Gasteiger partial charge in [0.2, 0.25) is 10.0 Å². The van der Waals surface area contributed by atoms with Gasteiger partial charge in [0, 0.05) is 29.8 Å². The van der Waals surface area contributed by atoms with Crippen LogP contribution in [0.4, 0.5) is 5.69 Å². The number of benzene rings is 3. The summed E-state index contributed by atoms with van der Waals surface area (Å²) in [5, 5.41) is 24.2. The molecule has 4 aromatic rings. The molecule has 0 bridgehead atoms. The molecule has 200 valence electrons. The van der Waals surface area contributed by atoms with Gasteiger partial charge in [-0.15, -0.1) is 0 Å². The van der Waals surface area contributed by atoms with Crippen LogP contribution in [-0.2, 0) is 16.6 Å². The standard InChI is InChI=1S/C29H34N4O4S/c1-29(2,31-19-26(35)23-14-15-25(34)24(18-23)32-38(3,36)37)16-17-33-20-30-27(21-10-6-4-7-11-21)28(33)22-12-8-5-9-13-22/h4-15,18,20,26,31-32,34-35H,16-17,19H2,1-3H3. The van der Waals surface area contributed by atoms with Crippen LogP contribution >= 0.6 is 0 Å². The van der Waals surface area contributed by atoms with Crippen molar-refractivity contribution in [2.45, 2.75) is 38.5 Å². The van der Waals surface area contributed by atoms with Crippen LogP contribution < -0.4 is 10.0 Å². The summed E-state index contributed by atoms with van der Waals surface area (Å²) in [6, 6.07) is 24.7. The molecule has 0 aliphatic carbocycles. The van der Waals surface area contributed by atoms with Crippen LogP contribution in [0.3, 0.4) is 0 Å². The molecule has 0 fully saturated rings. The average Bonchev–Trinajstić information content (AvgIpc) is 3.32. The Morgan fingerprint density at radius 3 is 2.24 bits per heavy atom. The Morgan fingerprint density at radius 1 is 0.974 bits per heavy atom. The fourth-order valence-electron chi connectivity index (χ4n) is 4.28. The summed E-state index contributed by atoms with van der Waals surface area (Å²) >= 11 is 0. The number of phenolic OH excluding ortho intramolecular Hbond substituents is 1. The number of rotatable bonds is 11. The van der Waals surface area contributed by atoms with E-state index in [1.165, 1.54) is 12.1 Å². The third kappa shape index (κ3) is 7.00. The smallest absolute Gasteiger partial charge is 0.229 e. The molecule has 4 rings (SSSR count). The number of β-amino-alcohol motifs (C(OH)–C–C–N with tert-alkyl or cyclic N) is 1. The van der Waals surface area contributed by atoms with Gasteiger partial charge in [0.25, 0.3) is 0 Å². The van der Waals surface area contributed by atoms with E-state index in [-0.39, 0.29) is 23.5 Å². The summed E-state index contributed by atoms with van der Waals surface area (Å²) in [6.07, 6.45) is 2.75. The molecule has 0 saturated carbocycles. The molecular formula is C29H34N4O4S. The van der Waals surface area contributed by atoms with E-state index >= 15 is 0 Å². The summed E-state index contributed by atoms with van der Waals surface area (Å²) in [5.74, 6) is -0.205. The number of anilines is 1. The number of hydrogen-bond donors (Lipinski definition) is 4. The normalized spacial score (nSPS) is 12.8. The summed E-state index contributed by atoms with van der Waals surface area (Å²) in [4.78, 5) is 4.75. The monoisotopic (exact) mass is 534 g/mol. The van der Waals surface area contributed by atoms with Gasteiger partial charge in [-0.3, -0.25) is 4.72 Å². The molecular weight excluding hydrogens is 500 g/mol. The van der Waals surface area contributed by atoms with Crippen molar-refractivity contribution in [1.29, 1.82) is 0 Å². The fourth-order valence-corrected chi connectivity index (χ4v) is 4.84. The van der Waals surface area contributed by atoms with Crippen molar-refractivity contribution in [2.24, 2.45) is 0 Å². The van der Waals surface area contributed by atoms with Gasteiger partial charge in [-0.2, -0.15) is 0 Å². The van der Waals surface area contributed by atoms with E-state index in [0.717, 1.165) is 35.2 Å². The van der Waals surface area contributed by atoms with Gasteiger partial charge >= 0.3 is 0 Å². The van der Waals surface area contributed by atoms with E-state index in [1.54, 1.807) is 6.07 Å². The van der Waals surface area contributed by atoms with Gasteiger partial charge in [-0.1, -0.05) is 66.7 Å². The molecule has 0 saturated heterocycles. The number of aryl methyl sites for hydroxylation is 1. The van der Waals surface area contributed by atoms with Crippen LogP contribution in [-0.4, -0.2) is 46.5 Å². The van der Waals surface area contributed by atoms with E-state index in [2.05, 4.69) is 52.7 Å². The number of aromatic hydroxyl groups is 1. The molecule has 0 aliphatic heterocycles. The predicted octanol–water partition coefficient (Wildman–Crippen LogP) is 4.79. The Balaban J connectivity index is 1.46. The first kappa shape index (κ1) is 27.4. The van der Waals surface area contributed by atoms with Gasteiger partial charge in [0.15, 0.2) is 0 Å². The molecule has 0 aliphatic rings. The number of phenols is 1. The van der Waals surface area contributed by atoms with E-state index in [1.807, 2.05) is 42.7 Å². The topological polar surface area (TPSA) is 116 Å². The summed E-state index contributed by atoms with van der Waals surface area (Å²) in [7, 11) is -3.57. The highest BCUT2D eigenvalue weighted by atomic mass is 32.2. The average molecular weight is 535 g/mol. The molecule has 4 N–H and O–H groups in total. The number of aromatic nitrogens is 2. The van der Waals surface area contributed by atoms with Crippen molar-refractivity contribution in [1.82, 2.24) is 14.9 Å². The number of nitrogens with one attached hydrogen (secondary N) is 2. The van der Waals surface area contributed by atoms with Crippen molar-refractivity contribution in [2.75, 3.05) is 17.5 Å². The minimum Gasteiger partial charge on any atom is -0.506 e. The van der Waals surface area contributed by atoms with Gasteiger partial charge in [-0.05, 0) is 38.0 Å². The number of aliphatic hydroxyl groups excluding tert-OH is 1. The maximum atomic E-state index is 11.6. The number of nitrogens with zero attached hydrogens (tertiary/aromatic N) is 2. The molecule has 0 radical (unpaired) electrons. The highest BCUT2D eigenvalue weighted by molar-refractivity contribution is 7.92. The lowest BCUT2D eigenvalue weighted by atomic mass is 9.99. The molecule has 9 heteroatoms. The highest BCUT2D eigenvalue weighted by Gasteiger charge is 2.22. The second kappa shape index (κ2) is 11.4. The molecule has 0 spiro atoms. The number of hydrogen-bond acceptors (Lipinski definition) is 6. The number of sulfonamides is 1. The van der Waals surface area contributed by atoms with Crippen LogP contribution in [0, 0.1) is 0 Å². The van der Waals surface area contributed by atoms with E-state index in [0.29, 0.717) is 12.1 Å². The lowest BCUT2D eigenvalue weighted by Crippen LogP contribution is -2.42. The second-order valence-electron chi connectivity index (χ2n) is 10.0. The number of aliphatic hydroxyl groups is 1. The predicted molar refractivity (Wildman–Crippen MR) is 151 cm³/mol. The lowest BCUT2D eigenvalue weighted by molar-refractivity contribution is 0.158. The van der Waals surface area contributed by atoms with Crippen LogP contribution in [0.15, 0.2) is 85.2 Å². The number of imidazole rings is 1. The third-order valence-corrected chi connectivity index (χ3v) is 6.98. The Hall–Kier alpha value is -3.66. The summed E-state index contributed by atoms with van der Waals surface area (Å²) < 4.78 is 27.6. The third-order valence-electron chi connectivity index (χ3n) is 6.38. The van der Waals surface area contributed by atoms with Crippen molar-refractivity contribution >= 4 is 15.7 Å². The lowest BCUT2D eigenvalue weighted by Gasteiger charge is -2.28. The van der Waals surface area contributed by atoms with E-state index in [4.69, 9.17) is 4.98 Å². The second-order valence-corrected chi connectivity index (χ2v) is 11.8. The van der Waals surface area contributed by atoms with Crippen molar-refractivity contribution in [3.8, 4) is 28.3 Å². The minimum atomic E-state index is -3.57. The molecule has 0 amide bonds. The first-order chi connectivity index (χ1) is 18.0. The largest absolute Gasteiger partial charge is 0.506 e. The Labute approximate surface area is 224 Å². The Morgan fingerprint density at radius 2 is 1.61 bits per heavy atom. The van der Waals surface area contributed by atoms with Crippen molar-refractivity contribution in [3.05, 3.63) is 90.8 Å². The van der Waals surface area contributed by atoms with Gasteiger partial charge in [0.1, 0.15) is 5.75 Å². The highest BCUT2D eigenvalue weighted by Crippen LogP contribution is 2.32. The van der Waals surface area contributed by atoms with Gasteiger partial charge in [0.05, 0.1) is 35.8 Å². The van der Waals surface area contributed by atoms with E-state index in [9.17, 15) is 18.6 Å². The first-order valence-electron chi connectivity index (χ1n) is 12.4. The minimum absolute atomic E-state index is 0.0334. The summed E-state index contributed by atoms with van der Waals surface area (Å²) in [5.41, 5.74) is 4.35. The SMILES string of the molecule is CC(C)(CCn1cnc(-c2ccccc2)c1-c1ccccc1)NCC(O)c1ccc(O)c(NS(C)(=O)=O)c1. The zero-order valence-corrected chi connectivity index (χ0v) is 22.6. The molecule has 8 nitrogen and oxygen atoms in total. The summed E-state index contributed by atoms with van der Waals surface area (Å²) in [6.45, 7) is 5.11. The van der Waals surface area contributed by atoms with Crippen LogP contribution in [0.1, 0.15) is 31.9 Å². The molecule has 1 aromatic heterocycles. The zero-order chi connectivity index (χ0) is 27.3. The Bertz CT molecular complexity index is 1470. The van der Waals surface area contributed by atoms with E-state index < -0.39 is 16.1 Å². The van der Waals surface area contributed by atoms with Crippen LogP contribution in [0.2, 0.25) is 0 Å². The zero-order valence-electron chi connectivity index (χ0n) is 21.8. The first-order valence-corrected chi connectivity index (χ1v) is 14.3. The Kier molecular flexibility index (Phi) is 8.20. The fraction of sp³-hybridized carbons (Fsp3) is 0.276. The molecule has 38 heavy (non-hydrogen) atoms.